The standard InChI is InChI=1S/C19H21N9/c1-2-6-14(7-3-1)17-24-18-20-10-26(25-11-21-22-12-25)13-27(18)19-23-15-8-4-5-9-16(15)28(17)19/h1-2,4-5,8-9,11-12,14,17H,3,6-7,10,13H2,(H,20,24)/t14-,17+/m1/s1. The Labute approximate surface area is 162 Å². The number of hydrogen-bond acceptors (Lipinski definition) is 7. The summed E-state index contributed by atoms with van der Waals surface area (Å²) in [7, 11) is 0. The van der Waals surface area contributed by atoms with Crippen LogP contribution >= 0.6 is 0 Å². The number of para-hydroxylation sites is 2. The molecule has 3 aromatic rings. The predicted molar refractivity (Wildman–Crippen MR) is 106 cm³/mol. The Morgan fingerprint density at radius 3 is 2.82 bits per heavy atom. The smallest absolute Gasteiger partial charge is 0.216 e. The molecule has 0 saturated heterocycles. The number of allylic oxidation sites excluding steroid dienone is 2. The van der Waals surface area contributed by atoms with Gasteiger partial charge in [-0.3, -0.25) is 14.5 Å². The fourth-order valence-corrected chi connectivity index (χ4v) is 4.40. The van der Waals surface area contributed by atoms with Crippen LogP contribution in [0.2, 0.25) is 0 Å². The van der Waals surface area contributed by atoms with E-state index in [9.17, 15) is 0 Å². The van der Waals surface area contributed by atoms with Gasteiger partial charge in [-0.1, -0.05) is 24.3 Å². The number of nitrogens with one attached hydrogen (secondary N) is 1. The van der Waals surface area contributed by atoms with Crippen LogP contribution in [0.4, 0.5) is 5.95 Å². The van der Waals surface area contributed by atoms with Gasteiger partial charge in [-0.2, -0.15) is 0 Å². The van der Waals surface area contributed by atoms with Gasteiger partial charge in [-0.25, -0.2) is 14.7 Å². The van der Waals surface area contributed by atoms with Crippen LogP contribution in [0.5, 0.6) is 0 Å². The summed E-state index contributed by atoms with van der Waals surface area (Å²) in [4.78, 5) is 11.9. The van der Waals surface area contributed by atoms with Crippen molar-refractivity contribution in [3.63, 3.8) is 0 Å². The zero-order valence-electron chi connectivity index (χ0n) is 15.4. The third-order valence-corrected chi connectivity index (χ3v) is 5.81. The third kappa shape index (κ3) is 2.32. The highest BCUT2D eigenvalue weighted by atomic mass is 15.7. The highest BCUT2D eigenvalue weighted by Gasteiger charge is 2.38. The van der Waals surface area contributed by atoms with Crippen molar-refractivity contribution in [2.75, 3.05) is 23.2 Å². The number of nitrogens with zero attached hydrogens (tertiary/aromatic N) is 8. The summed E-state index contributed by atoms with van der Waals surface area (Å²) in [5.74, 6) is 2.35. The summed E-state index contributed by atoms with van der Waals surface area (Å²) in [5, 5.41) is 13.6. The molecule has 0 spiro atoms. The average Bonchev–Trinajstić information content (AvgIpc) is 3.42. The first kappa shape index (κ1) is 15.7. The minimum absolute atomic E-state index is 0.156. The van der Waals surface area contributed by atoms with Crippen LogP contribution in [-0.2, 0) is 0 Å². The van der Waals surface area contributed by atoms with Gasteiger partial charge < -0.3 is 5.32 Å². The lowest BCUT2D eigenvalue weighted by Gasteiger charge is -2.44. The molecule has 9 nitrogen and oxygen atoms in total. The van der Waals surface area contributed by atoms with Gasteiger partial charge >= 0.3 is 0 Å². The van der Waals surface area contributed by atoms with E-state index < -0.39 is 0 Å². The van der Waals surface area contributed by atoms with Crippen LogP contribution in [-0.4, -0.2) is 43.7 Å². The van der Waals surface area contributed by atoms with E-state index in [-0.39, 0.29) is 6.17 Å². The first-order valence-corrected chi connectivity index (χ1v) is 9.69. The zero-order valence-corrected chi connectivity index (χ0v) is 15.4. The molecule has 1 aliphatic carbocycles. The van der Waals surface area contributed by atoms with E-state index in [1.54, 1.807) is 12.7 Å². The second-order valence-electron chi connectivity index (χ2n) is 7.45. The van der Waals surface area contributed by atoms with Gasteiger partial charge in [0.15, 0.2) is 0 Å². The number of rotatable bonds is 2. The van der Waals surface area contributed by atoms with Crippen LogP contribution in [0.25, 0.3) is 11.0 Å². The van der Waals surface area contributed by atoms with Gasteiger partial charge in [-0.05, 0) is 31.4 Å². The molecule has 6 rings (SSSR count). The first-order chi connectivity index (χ1) is 13.9. The summed E-state index contributed by atoms with van der Waals surface area (Å²) in [5.41, 5.74) is 2.17. The van der Waals surface area contributed by atoms with Crippen LogP contribution in [0.15, 0.2) is 54.1 Å². The van der Waals surface area contributed by atoms with Gasteiger partial charge in [0.2, 0.25) is 11.9 Å². The molecule has 1 N–H and O–H groups in total. The van der Waals surface area contributed by atoms with Crippen molar-refractivity contribution in [3.05, 3.63) is 49.1 Å². The lowest BCUT2D eigenvalue weighted by Crippen LogP contribution is -2.60. The molecule has 9 heteroatoms. The van der Waals surface area contributed by atoms with Crippen LogP contribution in [0.1, 0.15) is 25.4 Å². The van der Waals surface area contributed by atoms with Crippen molar-refractivity contribution >= 4 is 22.9 Å². The summed E-state index contributed by atoms with van der Waals surface area (Å²) < 4.78 is 4.22. The minimum atomic E-state index is 0.156. The number of aromatic nitrogens is 5. The molecule has 142 valence electrons. The number of anilines is 1. The van der Waals surface area contributed by atoms with Crippen LogP contribution in [0.3, 0.4) is 0 Å². The van der Waals surface area contributed by atoms with E-state index in [1.807, 2.05) is 10.7 Å². The fourth-order valence-electron chi connectivity index (χ4n) is 4.40. The van der Waals surface area contributed by atoms with E-state index in [0.29, 0.717) is 19.3 Å². The summed E-state index contributed by atoms with van der Waals surface area (Å²) >= 11 is 0. The number of fused-ring (bicyclic) bond motifs is 5. The van der Waals surface area contributed by atoms with Crippen molar-refractivity contribution in [2.45, 2.75) is 25.4 Å². The monoisotopic (exact) mass is 375 g/mol. The average molecular weight is 375 g/mol. The summed E-state index contributed by atoms with van der Waals surface area (Å²) in [6.45, 7) is 1.18. The minimum Gasteiger partial charge on any atom is -0.335 e. The maximum Gasteiger partial charge on any atom is 0.216 e. The Hall–Kier alpha value is -3.36. The van der Waals surface area contributed by atoms with E-state index in [0.717, 1.165) is 35.8 Å². The second-order valence-corrected chi connectivity index (χ2v) is 7.45. The van der Waals surface area contributed by atoms with Gasteiger partial charge in [0, 0.05) is 5.92 Å². The topological polar surface area (TPSA) is 79.4 Å². The first-order valence-electron chi connectivity index (χ1n) is 9.69. The number of guanidine groups is 1. The Kier molecular flexibility index (Phi) is 3.40. The molecule has 0 unspecified atom stereocenters. The SMILES string of the molecule is C1=CC[C@@H]([C@H]2NC3=NCN(n4cnnc4)CN3c3nc4ccccc4n32)CC1. The molecule has 1 aromatic carbocycles. The molecule has 28 heavy (non-hydrogen) atoms. The van der Waals surface area contributed by atoms with E-state index in [1.165, 1.54) is 6.42 Å². The lowest BCUT2D eigenvalue weighted by molar-refractivity contribution is 0.282. The Bertz CT molecular complexity index is 1060. The molecule has 0 radical (unpaired) electrons. The molecule has 2 aromatic heterocycles. The molecule has 2 aliphatic heterocycles. The number of imidazole rings is 1. The molecular weight excluding hydrogens is 354 g/mol. The molecule has 0 amide bonds. The predicted octanol–water partition coefficient (Wildman–Crippen LogP) is 1.82. The molecular formula is C19H21N9. The second kappa shape index (κ2) is 6.08. The maximum absolute atomic E-state index is 4.98. The van der Waals surface area contributed by atoms with Crippen molar-refractivity contribution in [1.29, 1.82) is 0 Å². The largest absolute Gasteiger partial charge is 0.335 e. The quantitative estimate of drug-likeness (QED) is 0.689. The Balaban J connectivity index is 1.47. The number of aliphatic imine (C=N–C) groups is 1. The normalized spacial score (nSPS) is 23.9. The molecule has 4 heterocycles. The van der Waals surface area contributed by atoms with Crippen LogP contribution < -0.4 is 15.2 Å². The molecule has 0 saturated carbocycles. The van der Waals surface area contributed by atoms with Gasteiger partial charge in [0.05, 0.1) is 11.0 Å². The van der Waals surface area contributed by atoms with Gasteiger partial charge in [0.1, 0.15) is 32.2 Å². The highest BCUT2D eigenvalue weighted by molar-refractivity contribution is 5.98. The van der Waals surface area contributed by atoms with Gasteiger partial charge in [-0.15, -0.1) is 10.2 Å². The van der Waals surface area contributed by atoms with Crippen molar-refractivity contribution in [1.82, 2.24) is 29.7 Å². The Morgan fingerprint density at radius 2 is 1.96 bits per heavy atom. The fraction of sp³-hybridized carbons (Fsp3) is 0.368. The van der Waals surface area contributed by atoms with Crippen molar-refractivity contribution in [2.24, 2.45) is 10.9 Å². The lowest BCUT2D eigenvalue weighted by atomic mass is 9.91. The van der Waals surface area contributed by atoms with Gasteiger partial charge in [0.25, 0.3) is 0 Å². The van der Waals surface area contributed by atoms with E-state index >= 15 is 0 Å². The van der Waals surface area contributed by atoms with Crippen LogP contribution in [0, 0.1) is 5.92 Å². The summed E-state index contributed by atoms with van der Waals surface area (Å²) in [6.07, 6.45) is 11.5. The Morgan fingerprint density at radius 1 is 1.07 bits per heavy atom. The molecule has 0 bridgehead atoms. The van der Waals surface area contributed by atoms with Crippen molar-refractivity contribution < 1.29 is 0 Å². The van der Waals surface area contributed by atoms with E-state index in [4.69, 9.17) is 9.98 Å². The van der Waals surface area contributed by atoms with E-state index in [2.05, 4.69) is 60.3 Å². The summed E-state index contributed by atoms with van der Waals surface area (Å²) in [6, 6.07) is 8.36. The highest BCUT2D eigenvalue weighted by Crippen LogP contribution is 2.37. The number of hydrogen-bond donors (Lipinski definition) is 1. The third-order valence-electron chi connectivity index (χ3n) is 5.81. The number of benzene rings is 1. The maximum atomic E-state index is 4.98. The molecule has 0 fully saturated rings. The van der Waals surface area contributed by atoms with Crippen molar-refractivity contribution in [3.8, 4) is 0 Å². The molecule has 2 atom stereocenters. The molecule has 3 aliphatic rings. The zero-order chi connectivity index (χ0) is 18.5.